The minimum absolute atomic E-state index is 0.0121. The summed E-state index contributed by atoms with van der Waals surface area (Å²) < 4.78 is 5.41. The van der Waals surface area contributed by atoms with E-state index in [4.69, 9.17) is 4.74 Å². The van der Waals surface area contributed by atoms with Crippen LogP contribution in [-0.2, 0) is 23.9 Å². The molecular formula is C28H44N4O6. The second kappa shape index (κ2) is 13.8. The molecule has 2 heterocycles. The summed E-state index contributed by atoms with van der Waals surface area (Å²) in [5, 5.41) is 6.01. The van der Waals surface area contributed by atoms with Gasteiger partial charge in [0.15, 0.2) is 0 Å². The average molecular weight is 533 g/mol. The van der Waals surface area contributed by atoms with Crippen LogP contribution in [0.3, 0.4) is 0 Å². The van der Waals surface area contributed by atoms with E-state index in [1.54, 1.807) is 4.90 Å². The molecule has 212 valence electrons. The summed E-state index contributed by atoms with van der Waals surface area (Å²) >= 11 is 0. The minimum atomic E-state index is -0.510. The van der Waals surface area contributed by atoms with Gasteiger partial charge in [-0.15, -0.1) is 0 Å². The highest BCUT2D eigenvalue weighted by Gasteiger charge is 2.32. The highest BCUT2D eigenvalue weighted by molar-refractivity contribution is 6.12. The highest BCUT2D eigenvalue weighted by Crippen LogP contribution is 2.30. The van der Waals surface area contributed by atoms with Crippen molar-refractivity contribution < 1.29 is 28.7 Å². The Morgan fingerprint density at radius 1 is 0.921 bits per heavy atom. The summed E-state index contributed by atoms with van der Waals surface area (Å²) in [6.07, 6.45) is 9.33. The SMILES string of the molecule is CC(C)(C)OC(=O)N1CCC(CNC(=O)CCCCCNC(=O)C2CCC(CN3C(=O)C=CC3=O)CC2)C1. The van der Waals surface area contributed by atoms with Crippen LogP contribution in [0.1, 0.15) is 78.6 Å². The van der Waals surface area contributed by atoms with Crippen LogP contribution >= 0.6 is 0 Å². The third-order valence-electron chi connectivity index (χ3n) is 7.46. The number of nitrogens with zero attached hydrogens (tertiary/aromatic N) is 2. The number of carbonyl (C=O) groups excluding carboxylic acids is 5. The van der Waals surface area contributed by atoms with Crippen molar-refractivity contribution in [3.8, 4) is 0 Å². The molecule has 1 unspecified atom stereocenters. The Labute approximate surface area is 225 Å². The minimum Gasteiger partial charge on any atom is -0.444 e. The number of likely N-dealkylation sites (tertiary alicyclic amines) is 1. The number of ether oxygens (including phenoxy) is 1. The largest absolute Gasteiger partial charge is 0.444 e. The summed E-state index contributed by atoms with van der Waals surface area (Å²) in [4.78, 5) is 63.3. The van der Waals surface area contributed by atoms with E-state index < -0.39 is 5.60 Å². The van der Waals surface area contributed by atoms with Crippen LogP contribution in [0.5, 0.6) is 0 Å². The molecule has 1 atom stereocenters. The second-order valence-corrected chi connectivity index (χ2v) is 11.8. The van der Waals surface area contributed by atoms with Gasteiger partial charge in [0, 0.05) is 57.2 Å². The summed E-state index contributed by atoms with van der Waals surface area (Å²) in [6, 6.07) is 0. The van der Waals surface area contributed by atoms with Crippen molar-refractivity contribution >= 4 is 29.7 Å². The Kier molecular flexibility index (Phi) is 10.7. The van der Waals surface area contributed by atoms with Gasteiger partial charge in [-0.1, -0.05) is 6.42 Å². The Morgan fingerprint density at radius 2 is 1.61 bits per heavy atom. The lowest BCUT2D eigenvalue weighted by atomic mass is 9.81. The quantitative estimate of drug-likeness (QED) is 0.311. The van der Waals surface area contributed by atoms with Crippen LogP contribution < -0.4 is 10.6 Å². The molecule has 1 saturated carbocycles. The van der Waals surface area contributed by atoms with E-state index in [1.165, 1.54) is 17.1 Å². The van der Waals surface area contributed by atoms with Crippen molar-refractivity contribution in [2.24, 2.45) is 17.8 Å². The van der Waals surface area contributed by atoms with E-state index in [9.17, 15) is 24.0 Å². The molecule has 2 fully saturated rings. The normalized spacial score (nSPS) is 23.6. The number of hydrogen-bond donors (Lipinski definition) is 2. The molecule has 0 aromatic heterocycles. The van der Waals surface area contributed by atoms with E-state index in [1.807, 2.05) is 20.8 Å². The van der Waals surface area contributed by atoms with E-state index in [0.717, 1.165) is 51.4 Å². The second-order valence-electron chi connectivity index (χ2n) is 11.8. The van der Waals surface area contributed by atoms with Gasteiger partial charge in [-0.05, 0) is 77.6 Å². The van der Waals surface area contributed by atoms with Crippen molar-refractivity contribution in [1.82, 2.24) is 20.4 Å². The molecule has 0 aromatic rings. The van der Waals surface area contributed by atoms with Crippen LogP contribution in [0.2, 0.25) is 0 Å². The molecule has 0 spiro atoms. The molecule has 3 rings (SSSR count). The lowest BCUT2D eigenvalue weighted by Gasteiger charge is -2.30. The maximum absolute atomic E-state index is 12.5. The molecule has 10 nitrogen and oxygen atoms in total. The highest BCUT2D eigenvalue weighted by atomic mass is 16.6. The lowest BCUT2D eigenvalue weighted by Crippen LogP contribution is -2.38. The summed E-state index contributed by atoms with van der Waals surface area (Å²) in [6.45, 7) is 8.42. The smallest absolute Gasteiger partial charge is 0.410 e. The van der Waals surface area contributed by atoms with Crippen molar-refractivity contribution in [2.45, 2.75) is 84.2 Å². The number of hydrogen-bond acceptors (Lipinski definition) is 6. The van der Waals surface area contributed by atoms with Gasteiger partial charge in [0.1, 0.15) is 5.60 Å². The van der Waals surface area contributed by atoms with Crippen LogP contribution in [0.15, 0.2) is 12.2 Å². The Morgan fingerprint density at radius 3 is 2.26 bits per heavy atom. The summed E-state index contributed by atoms with van der Waals surface area (Å²) in [5.41, 5.74) is -0.510. The van der Waals surface area contributed by atoms with Gasteiger partial charge in [-0.3, -0.25) is 24.1 Å². The lowest BCUT2D eigenvalue weighted by molar-refractivity contribution is -0.138. The molecule has 5 amide bonds. The number of imide groups is 1. The van der Waals surface area contributed by atoms with Gasteiger partial charge in [0.25, 0.3) is 11.8 Å². The fourth-order valence-electron chi connectivity index (χ4n) is 5.26. The van der Waals surface area contributed by atoms with E-state index in [-0.39, 0.29) is 47.5 Å². The zero-order chi connectivity index (χ0) is 27.7. The molecule has 2 aliphatic heterocycles. The van der Waals surface area contributed by atoms with Crippen molar-refractivity contribution in [3.63, 3.8) is 0 Å². The van der Waals surface area contributed by atoms with Gasteiger partial charge < -0.3 is 20.3 Å². The van der Waals surface area contributed by atoms with Crippen LogP contribution in [0.4, 0.5) is 4.79 Å². The monoisotopic (exact) mass is 532 g/mol. The predicted molar refractivity (Wildman–Crippen MR) is 142 cm³/mol. The molecule has 0 bridgehead atoms. The molecule has 1 saturated heterocycles. The summed E-state index contributed by atoms with van der Waals surface area (Å²) in [5.74, 6) is 0.111. The predicted octanol–water partition coefficient (Wildman–Crippen LogP) is 2.77. The average Bonchev–Trinajstić information content (AvgIpc) is 3.46. The maximum atomic E-state index is 12.5. The topological polar surface area (TPSA) is 125 Å². The van der Waals surface area contributed by atoms with E-state index in [2.05, 4.69) is 10.6 Å². The third-order valence-corrected chi connectivity index (χ3v) is 7.46. The van der Waals surface area contributed by atoms with E-state index in [0.29, 0.717) is 39.1 Å². The van der Waals surface area contributed by atoms with Crippen LogP contribution in [0, 0.1) is 17.8 Å². The molecular weight excluding hydrogens is 488 g/mol. The van der Waals surface area contributed by atoms with Gasteiger partial charge in [0.05, 0.1) is 0 Å². The Bertz CT molecular complexity index is 886. The first-order valence-corrected chi connectivity index (χ1v) is 14.1. The first-order chi connectivity index (χ1) is 18.0. The zero-order valence-electron chi connectivity index (χ0n) is 23.1. The molecule has 3 aliphatic rings. The van der Waals surface area contributed by atoms with Crippen LogP contribution in [0.25, 0.3) is 0 Å². The fraction of sp³-hybridized carbons (Fsp3) is 0.750. The first-order valence-electron chi connectivity index (χ1n) is 14.1. The van der Waals surface area contributed by atoms with E-state index >= 15 is 0 Å². The Hall–Kier alpha value is -2.91. The standard InChI is InChI=1S/C28H44N4O6/c1-28(2,3)38-27(37)31-16-14-21(18-31)17-30-23(33)7-5-4-6-15-29-26(36)22-10-8-20(9-11-22)19-32-24(34)12-13-25(32)35/h12-13,20-22H,4-11,14-19H2,1-3H3,(H,29,36)(H,30,33). The summed E-state index contributed by atoms with van der Waals surface area (Å²) in [7, 11) is 0. The van der Waals surface area contributed by atoms with Crippen molar-refractivity contribution in [2.75, 3.05) is 32.7 Å². The molecule has 1 aliphatic carbocycles. The van der Waals surface area contributed by atoms with Gasteiger partial charge >= 0.3 is 6.09 Å². The number of rotatable bonds is 11. The first kappa shape index (κ1) is 29.6. The number of unbranched alkanes of at least 4 members (excludes halogenated alkanes) is 2. The number of amides is 5. The fourth-order valence-corrected chi connectivity index (χ4v) is 5.26. The van der Waals surface area contributed by atoms with Crippen molar-refractivity contribution in [3.05, 3.63) is 12.2 Å². The van der Waals surface area contributed by atoms with Gasteiger partial charge in [-0.25, -0.2) is 4.79 Å². The maximum Gasteiger partial charge on any atom is 0.410 e. The van der Waals surface area contributed by atoms with Gasteiger partial charge in [-0.2, -0.15) is 0 Å². The molecule has 38 heavy (non-hydrogen) atoms. The number of carbonyl (C=O) groups is 5. The molecule has 10 heteroatoms. The Balaban J connectivity index is 1.18. The van der Waals surface area contributed by atoms with Gasteiger partial charge in [0.2, 0.25) is 11.8 Å². The molecule has 2 N–H and O–H groups in total. The van der Waals surface area contributed by atoms with Crippen LogP contribution in [-0.4, -0.2) is 77.8 Å². The third kappa shape index (κ3) is 9.44. The molecule has 0 radical (unpaired) electrons. The van der Waals surface area contributed by atoms with Crippen molar-refractivity contribution in [1.29, 1.82) is 0 Å². The number of nitrogens with one attached hydrogen (secondary N) is 2. The zero-order valence-corrected chi connectivity index (χ0v) is 23.1. The molecule has 0 aromatic carbocycles.